The number of furan rings is 1. The molecule has 1 aromatic rings. The molecule has 1 aromatic heterocycles. The molecular formula is C9H9BrN2O5. The average molecular weight is 305 g/mol. The number of rotatable bonds is 3. The van der Waals surface area contributed by atoms with E-state index in [-0.39, 0.29) is 5.76 Å². The largest absolute Gasteiger partial charge is 0.447 e. The van der Waals surface area contributed by atoms with Gasteiger partial charge in [0, 0.05) is 0 Å². The summed E-state index contributed by atoms with van der Waals surface area (Å²) >= 11 is 3.01. The molecule has 0 aliphatic heterocycles. The fourth-order valence-electron chi connectivity index (χ4n) is 0.919. The van der Waals surface area contributed by atoms with Crippen LogP contribution in [0, 0.1) is 0 Å². The van der Waals surface area contributed by atoms with E-state index in [0.29, 0.717) is 4.67 Å². The second-order valence-electron chi connectivity index (χ2n) is 3.00. The summed E-state index contributed by atoms with van der Waals surface area (Å²) in [5.41, 5.74) is 4.74. The Hall–Kier alpha value is -1.83. The Morgan fingerprint density at radius 3 is 2.59 bits per heavy atom. The molecule has 3 amide bonds. The van der Waals surface area contributed by atoms with Gasteiger partial charge in [0.15, 0.2) is 10.8 Å². The fourth-order valence-corrected chi connectivity index (χ4v) is 1.23. The maximum absolute atomic E-state index is 11.4. The Labute approximate surface area is 104 Å². The number of carbonyl (C=O) groups excluding carboxylic acids is 3. The predicted molar refractivity (Wildman–Crippen MR) is 59.0 cm³/mol. The second kappa shape index (κ2) is 5.48. The minimum atomic E-state index is -1.15. The molecule has 0 spiro atoms. The highest BCUT2D eigenvalue weighted by molar-refractivity contribution is 9.10. The molecule has 1 atom stereocenters. The molecule has 0 saturated heterocycles. The van der Waals surface area contributed by atoms with Gasteiger partial charge in [-0.15, -0.1) is 0 Å². The van der Waals surface area contributed by atoms with Crippen LogP contribution in [-0.4, -0.2) is 24.0 Å². The summed E-state index contributed by atoms with van der Waals surface area (Å²) in [7, 11) is 0. The van der Waals surface area contributed by atoms with Gasteiger partial charge in [-0.1, -0.05) is 0 Å². The lowest BCUT2D eigenvalue weighted by Gasteiger charge is -2.10. The van der Waals surface area contributed by atoms with Crippen molar-refractivity contribution in [1.82, 2.24) is 5.32 Å². The Kier molecular flexibility index (Phi) is 4.27. The third-order valence-electron chi connectivity index (χ3n) is 1.67. The highest BCUT2D eigenvalue weighted by Crippen LogP contribution is 2.15. The van der Waals surface area contributed by atoms with Crippen molar-refractivity contribution < 1.29 is 23.5 Å². The molecule has 0 aliphatic rings. The number of urea groups is 1. The van der Waals surface area contributed by atoms with E-state index >= 15 is 0 Å². The van der Waals surface area contributed by atoms with Crippen LogP contribution < -0.4 is 11.1 Å². The van der Waals surface area contributed by atoms with E-state index in [1.54, 1.807) is 5.32 Å². The number of hydrogen-bond donors (Lipinski definition) is 2. The van der Waals surface area contributed by atoms with Crippen LogP contribution in [0.3, 0.4) is 0 Å². The summed E-state index contributed by atoms with van der Waals surface area (Å²) in [4.78, 5) is 33.0. The van der Waals surface area contributed by atoms with Crippen LogP contribution in [0.25, 0.3) is 0 Å². The SMILES string of the molecule is C[C@@H](OC(=O)c1ccc(Br)o1)C(=O)NC(N)=O. The van der Waals surface area contributed by atoms with Crippen molar-refractivity contribution in [2.75, 3.05) is 0 Å². The van der Waals surface area contributed by atoms with Gasteiger partial charge in [0.1, 0.15) is 0 Å². The number of primary amides is 1. The van der Waals surface area contributed by atoms with Gasteiger partial charge < -0.3 is 14.9 Å². The smallest absolute Gasteiger partial charge is 0.375 e. The molecule has 0 saturated carbocycles. The Morgan fingerprint density at radius 1 is 1.47 bits per heavy atom. The summed E-state index contributed by atoms with van der Waals surface area (Å²) in [5.74, 6) is -1.69. The molecule has 0 aromatic carbocycles. The summed E-state index contributed by atoms with van der Waals surface area (Å²) < 4.78 is 10.0. The van der Waals surface area contributed by atoms with Gasteiger partial charge in [-0.25, -0.2) is 9.59 Å². The summed E-state index contributed by atoms with van der Waals surface area (Å²) in [6.07, 6.45) is -1.15. The van der Waals surface area contributed by atoms with Crippen molar-refractivity contribution in [2.24, 2.45) is 5.73 Å². The lowest BCUT2D eigenvalue weighted by Crippen LogP contribution is -2.42. The Morgan fingerprint density at radius 2 is 2.12 bits per heavy atom. The first-order chi connectivity index (χ1) is 7.90. The molecule has 0 bridgehead atoms. The van der Waals surface area contributed by atoms with E-state index in [0.717, 1.165) is 0 Å². The van der Waals surface area contributed by atoms with Crippen molar-refractivity contribution in [3.05, 3.63) is 22.6 Å². The quantitative estimate of drug-likeness (QED) is 0.802. The molecule has 7 nitrogen and oxygen atoms in total. The molecule has 0 aliphatic carbocycles. The molecule has 1 heterocycles. The van der Waals surface area contributed by atoms with E-state index in [9.17, 15) is 14.4 Å². The van der Waals surface area contributed by atoms with E-state index < -0.39 is 24.0 Å². The van der Waals surface area contributed by atoms with Crippen LogP contribution >= 0.6 is 15.9 Å². The lowest BCUT2D eigenvalue weighted by atomic mass is 10.3. The van der Waals surface area contributed by atoms with Crippen LogP contribution in [0.4, 0.5) is 4.79 Å². The van der Waals surface area contributed by atoms with Gasteiger partial charge in [0.2, 0.25) is 5.76 Å². The molecule has 17 heavy (non-hydrogen) atoms. The van der Waals surface area contributed by atoms with E-state index in [2.05, 4.69) is 15.9 Å². The maximum atomic E-state index is 11.4. The zero-order chi connectivity index (χ0) is 13.0. The number of ether oxygens (including phenoxy) is 1. The predicted octanol–water partition coefficient (Wildman–Crippen LogP) is 0.782. The molecule has 0 unspecified atom stereocenters. The van der Waals surface area contributed by atoms with E-state index in [1.807, 2.05) is 0 Å². The minimum absolute atomic E-state index is 0.0596. The van der Waals surface area contributed by atoms with Crippen LogP contribution in [0.1, 0.15) is 17.5 Å². The highest BCUT2D eigenvalue weighted by atomic mass is 79.9. The number of halogens is 1. The Balaban J connectivity index is 2.57. The van der Waals surface area contributed by atoms with E-state index in [1.165, 1.54) is 19.1 Å². The number of amides is 3. The van der Waals surface area contributed by atoms with Gasteiger partial charge in [-0.05, 0) is 35.0 Å². The monoisotopic (exact) mass is 304 g/mol. The van der Waals surface area contributed by atoms with Crippen molar-refractivity contribution in [3.63, 3.8) is 0 Å². The third kappa shape index (κ3) is 3.91. The molecule has 0 fully saturated rings. The standard InChI is InChI=1S/C9H9BrN2O5/c1-4(7(13)12-9(11)15)16-8(14)5-2-3-6(10)17-5/h2-4H,1H3,(H3,11,12,13,15)/t4-/m1/s1. The van der Waals surface area contributed by atoms with Crippen molar-refractivity contribution in [1.29, 1.82) is 0 Å². The van der Waals surface area contributed by atoms with Crippen molar-refractivity contribution in [3.8, 4) is 0 Å². The third-order valence-corrected chi connectivity index (χ3v) is 2.10. The van der Waals surface area contributed by atoms with Crippen LogP contribution in [0.2, 0.25) is 0 Å². The number of esters is 1. The highest BCUT2D eigenvalue weighted by Gasteiger charge is 2.21. The second-order valence-corrected chi connectivity index (χ2v) is 3.79. The number of hydrogen-bond acceptors (Lipinski definition) is 5. The maximum Gasteiger partial charge on any atom is 0.375 e. The van der Waals surface area contributed by atoms with Gasteiger partial charge in [-0.2, -0.15) is 0 Å². The number of nitrogens with two attached hydrogens (primary N) is 1. The molecule has 92 valence electrons. The molecule has 1 rings (SSSR count). The van der Waals surface area contributed by atoms with Gasteiger partial charge in [-0.3, -0.25) is 10.1 Å². The first-order valence-corrected chi connectivity index (χ1v) is 5.26. The van der Waals surface area contributed by atoms with E-state index in [4.69, 9.17) is 14.9 Å². The topological polar surface area (TPSA) is 112 Å². The first-order valence-electron chi connectivity index (χ1n) is 4.46. The lowest BCUT2D eigenvalue weighted by molar-refractivity contribution is -0.127. The number of nitrogens with one attached hydrogen (secondary N) is 1. The number of imide groups is 1. The van der Waals surface area contributed by atoms with Crippen LogP contribution in [0.5, 0.6) is 0 Å². The zero-order valence-electron chi connectivity index (χ0n) is 8.73. The Bertz CT molecular complexity index is 456. The van der Waals surface area contributed by atoms with Crippen molar-refractivity contribution in [2.45, 2.75) is 13.0 Å². The summed E-state index contributed by atoms with van der Waals surface area (Å²) in [5, 5.41) is 1.79. The molecule has 0 radical (unpaired) electrons. The average Bonchev–Trinajstić information content (AvgIpc) is 2.63. The first kappa shape index (κ1) is 13.2. The van der Waals surface area contributed by atoms with Gasteiger partial charge >= 0.3 is 12.0 Å². The van der Waals surface area contributed by atoms with Crippen LogP contribution in [-0.2, 0) is 9.53 Å². The minimum Gasteiger partial charge on any atom is -0.447 e. The van der Waals surface area contributed by atoms with Gasteiger partial charge in [0.05, 0.1) is 0 Å². The molecular weight excluding hydrogens is 296 g/mol. The van der Waals surface area contributed by atoms with Gasteiger partial charge in [0.25, 0.3) is 5.91 Å². The number of carbonyl (C=O) groups is 3. The fraction of sp³-hybridized carbons (Fsp3) is 0.222. The molecule has 8 heteroatoms. The van der Waals surface area contributed by atoms with Crippen molar-refractivity contribution >= 4 is 33.8 Å². The molecule has 3 N–H and O–H groups in total. The summed E-state index contributed by atoms with van der Waals surface area (Å²) in [6.45, 7) is 1.30. The normalized spacial score (nSPS) is 11.6. The summed E-state index contributed by atoms with van der Waals surface area (Å²) in [6, 6.07) is 1.87. The van der Waals surface area contributed by atoms with Crippen LogP contribution in [0.15, 0.2) is 21.2 Å². The zero-order valence-corrected chi connectivity index (χ0v) is 10.3.